The number of carbonyl (C=O) groups is 1. The van der Waals surface area contributed by atoms with Crippen LogP contribution in [0.5, 0.6) is 5.75 Å². The van der Waals surface area contributed by atoms with Crippen LogP contribution >= 0.6 is 0 Å². The van der Waals surface area contributed by atoms with Crippen molar-refractivity contribution in [2.75, 3.05) is 13.2 Å². The number of benzene rings is 1. The normalized spacial score (nSPS) is 9.54. The third-order valence-electron chi connectivity index (χ3n) is 3.30. The lowest BCUT2D eigenvalue weighted by molar-refractivity contribution is -0.143. The molecule has 0 radical (unpaired) electrons. The Bertz CT molecular complexity index is 620. The summed E-state index contributed by atoms with van der Waals surface area (Å²) in [5.41, 5.74) is 1.23. The molecule has 1 aromatic carbocycles. The molecular weight excluding hydrogens is 302 g/mol. The quantitative estimate of drug-likeness (QED) is 0.387. The third-order valence-corrected chi connectivity index (χ3v) is 3.30. The molecule has 0 spiro atoms. The summed E-state index contributed by atoms with van der Waals surface area (Å²) in [7, 11) is 0. The van der Waals surface area contributed by atoms with Gasteiger partial charge in [-0.1, -0.05) is 38.5 Å². The first-order chi connectivity index (χ1) is 11.7. The second-order valence-electron chi connectivity index (χ2n) is 5.40. The van der Waals surface area contributed by atoms with E-state index in [-0.39, 0.29) is 12.4 Å². The van der Waals surface area contributed by atoms with Crippen molar-refractivity contribution in [1.82, 2.24) is 0 Å². The van der Waals surface area contributed by atoms with E-state index in [9.17, 15) is 4.79 Å². The highest BCUT2D eigenvalue weighted by atomic mass is 16.5. The molecule has 1 aromatic rings. The molecule has 0 aromatic heterocycles. The van der Waals surface area contributed by atoms with Gasteiger partial charge in [-0.3, -0.25) is 4.79 Å². The molecule has 0 saturated heterocycles. The molecule has 128 valence electrons. The molecule has 0 unspecified atom stereocenters. The summed E-state index contributed by atoms with van der Waals surface area (Å²) in [5, 5.41) is 9.01. The van der Waals surface area contributed by atoms with Crippen LogP contribution in [0, 0.1) is 23.2 Å². The molecule has 0 aliphatic rings. The maximum Gasteiger partial charge on any atom is 0.306 e. The van der Waals surface area contributed by atoms with E-state index in [2.05, 4.69) is 31.8 Å². The Morgan fingerprint density at radius 1 is 1.17 bits per heavy atom. The smallest absolute Gasteiger partial charge is 0.306 e. The fourth-order valence-corrected chi connectivity index (χ4v) is 1.87. The standard InChI is InChI=1S/C20H25NO3/c1-3-5-13-23-19-12-11-17(16-21)15-18(19)9-7-8-10-20(22)24-14-6-4-2/h11-12,15H,3-6,8,10,13-14H2,1-2H3. The van der Waals surface area contributed by atoms with Gasteiger partial charge < -0.3 is 9.47 Å². The average molecular weight is 327 g/mol. The van der Waals surface area contributed by atoms with Gasteiger partial charge >= 0.3 is 5.97 Å². The number of unbranched alkanes of at least 4 members (excludes halogenated alkanes) is 2. The fourth-order valence-electron chi connectivity index (χ4n) is 1.87. The first kappa shape index (κ1) is 19.6. The van der Waals surface area contributed by atoms with Crippen molar-refractivity contribution in [3.63, 3.8) is 0 Å². The van der Waals surface area contributed by atoms with Crippen LogP contribution in [0.25, 0.3) is 0 Å². The van der Waals surface area contributed by atoms with Crippen molar-refractivity contribution < 1.29 is 14.3 Å². The number of nitrogens with zero attached hydrogens (tertiary/aromatic N) is 1. The van der Waals surface area contributed by atoms with Gasteiger partial charge in [0, 0.05) is 6.42 Å². The summed E-state index contributed by atoms with van der Waals surface area (Å²) in [6, 6.07) is 7.31. The molecule has 4 heteroatoms. The number of hydrogen-bond acceptors (Lipinski definition) is 4. The second kappa shape index (κ2) is 12.0. The number of rotatable bonds is 9. The molecule has 0 atom stereocenters. The van der Waals surface area contributed by atoms with Crippen molar-refractivity contribution in [2.45, 2.75) is 52.4 Å². The minimum absolute atomic E-state index is 0.219. The molecule has 0 fully saturated rings. The summed E-state index contributed by atoms with van der Waals surface area (Å²) in [6.45, 7) is 5.25. The van der Waals surface area contributed by atoms with Gasteiger partial charge in [-0.15, -0.1) is 0 Å². The van der Waals surface area contributed by atoms with E-state index < -0.39 is 0 Å². The maximum absolute atomic E-state index is 11.5. The van der Waals surface area contributed by atoms with Gasteiger partial charge in [0.05, 0.1) is 36.8 Å². The molecule has 4 nitrogen and oxygen atoms in total. The van der Waals surface area contributed by atoms with Gasteiger partial charge in [-0.05, 0) is 31.0 Å². The van der Waals surface area contributed by atoms with Gasteiger partial charge in [0.15, 0.2) is 0 Å². The first-order valence-electron chi connectivity index (χ1n) is 8.52. The first-order valence-corrected chi connectivity index (χ1v) is 8.52. The fraction of sp³-hybridized carbons (Fsp3) is 0.500. The summed E-state index contributed by atoms with van der Waals surface area (Å²) in [4.78, 5) is 11.5. The van der Waals surface area contributed by atoms with Crippen molar-refractivity contribution in [3.05, 3.63) is 29.3 Å². The lowest BCUT2D eigenvalue weighted by Crippen LogP contribution is -2.04. The van der Waals surface area contributed by atoms with E-state index in [1.165, 1.54) is 0 Å². The van der Waals surface area contributed by atoms with Crippen LogP contribution in [-0.2, 0) is 9.53 Å². The van der Waals surface area contributed by atoms with E-state index in [1.807, 2.05) is 0 Å². The highest BCUT2D eigenvalue weighted by Gasteiger charge is 2.04. The van der Waals surface area contributed by atoms with E-state index in [0.717, 1.165) is 25.7 Å². The summed E-state index contributed by atoms with van der Waals surface area (Å²) >= 11 is 0. The number of hydrogen-bond donors (Lipinski definition) is 0. The number of nitriles is 1. The summed E-state index contributed by atoms with van der Waals surface area (Å²) in [5.74, 6) is 6.43. The Hall–Kier alpha value is -2.46. The topological polar surface area (TPSA) is 59.3 Å². The molecular formula is C20H25NO3. The molecule has 0 heterocycles. The van der Waals surface area contributed by atoms with Crippen LogP contribution < -0.4 is 4.74 Å². The molecule has 24 heavy (non-hydrogen) atoms. The SMILES string of the molecule is CCCCOC(=O)CCC#Cc1cc(C#N)ccc1OCCCC. The van der Waals surface area contributed by atoms with E-state index in [4.69, 9.17) is 14.7 Å². The van der Waals surface area contributed by atoms with Gasteiger partial charge in [-0.25, -0.2) is 0 Å². The van der Waals surface area contributed by atoms with E-state index in [0.29, 0.717) is 36.5 Å². The molecule has 0 aliphatic heterocycles. The molecule has 0 saturated carbocycles. The van der Waals surface area contributed by atoms with E-state index in [1.54, 1.807) is 18.2 Å². The van der Waals surface area contributed by atoms with Crippen molar-refractivity contribution in [1.29, 1.82) is 5.26 Å². The Balaban J connectivity index is 2.61. The average Bonchev–Trinajstić information content (AvgIpc) is 2.60. The van der Waals surface area contributed by atoms with Crippen LogP contribution in [0.3, 0.4) is 0 Å². The third kappa shape index (κ3) is 7.70. The molecule has 0 aliphatic carbocycles. The van der Waals surface area contributed by atoms with Crippen molar-refractivity contribution in [3.8, 4) is 23.7 Å². The molecule has 0 N–H and O–H groups in total. The monoisotopic (exact) mass is 327 g/mol. The van der Waals surface area contributed by atoms with Gasteiger partial charge in [0.2, 0.25) is 0 Å². The predicted molar refractivity (Wildman–Crippen MR) is 93.5 cm³/mol. The Kier molecular flexibility index (Phi) is 9.81. The zero-order chi connectivity index (χ0) is 17.6. The minimum atomic E-state index is -0.219. The van der Waals surface area contributed by atoms with Gasteiger partial charge in [-0.2, -0.15) is 5.26 Å². The lowest BCUT2D eigenvalue weighted by atomic mass is 10.1. The van der Waals surface area contributed by atoms with Crippen LogP contribution in [0.4, 0.5) is 0 Å². The minimum Gasteiger partial charge on any atom is -0.492 e. The zero-order valence-corrected chi connectivity index (χ0v) is 14.6. The summed E-state index contributed by atoms with van der Waals surface area (Å²) in [6.07, 6.45) is 4.62. The zero-order valence-electron chi connectivity index (χ0n) is 14.6. The highest BCUT2D eigenvalue weighted by Crippen LogP contribution is 2.19. The number of ether oxygens (including phenoxy) is 2. The van der Waals surface area contributed by atoms with Crippen LogP contribution in [-0.4, -0.2) is 19.2 Å². The lowest BCUT2D eigenvalue weighted by Gasteiger charge is -2.07. The second-order valence-corrected chi connectivity index (χ2v) is 5.40. The summed E-state index contributed by atoms with van der Waals surface area (Å²) < 4.78 is 10.8. The van der Waals surface area contributed by atoms with E-state index >= 15 is 0 Å². The van der Waals surface area contributed by atoms with Crippen LogP contribution in [0.1, 0.15) is 63.5 Å². The molecule has 1 rings (SSSR count). The predicted octanol–water partition coefficient (Wildman–Crippen LogP) is 4.21. The number of carbonyl (C=O) groups excluding carboxylic acids is 1. The molecule has 0 bridgehead atoms. The Morgan fingerprint density at radius 2 is 1.92 bits per heavy atom. The van der Waals surface area contributed by atoms with Crippen LogP contribution in [0.15, 0.2) is 18.2 Å². The Morgan fingerprint density at radius 3 is 2.62 bits per heavy atom. The number of esters is 1. The van der Waals surface area contributed by atoms with Gasteiger partial charge in [0.1, 0.15) is 5.75 Å². The van der Waals surface area contributed by atoms with Gasteiger partial charge in [0.25, 0.3) is 0 Å². The maximum atomic E-state index is 11.5. The molecule has 0 amide bonds. The van der Waals surface area contributed by atoms with Crippen LogP contribution in [0.2, 0.25) is 0 Å². The van der Waals surface area contributed by atoms with Crippen molar-refractivity contribution >= 4 is 5.97 Å². The Labute approximate surface area is 144 Å². The van der Waals surface area contributed by atoms with Crippen molar-refractivity contribution in [2.24, 2.45) is 0 Å². The highest BCUT2D eigenvalue weighted by molar-refractivity contribution is 5.69. The largest absolute Gasteiger partial charge is 0.492 e.